The van der Waals surface area contributed by atoms with Gasteiger partial charge in [0.05, 0.1) is 19.0 Å². The lowest BCUT2D eigenvalue weighted by Crippen LogP contribution is -2.45. The first-order chi connectivity index (χ1) is 11.8. The van der Waals surface area contributed by atoms with E-state index in [9.17, 15) is 4.79 Å². The highest BCUT2D eigenvalue weighted by Gasteiger charge is 2.23. The molecule has 1 saturated heterocycles. The van der Waals surface area contributed by atoms with Crippen LogP contribution in [0, 0.1) is 0 Å². The molecule has 1 aliphatic rings. The van der Waals surface area contributed by atoms with Crippen molar-refractivity contribution in [2.24, 2.45) is 0 Å². The topological polar surface area (TPSA) is 73.1 Å². The zero-order chi connectivity index (χ0) is 16.6. The first kappa shape index (κ1) is 16.6. The summed E-state index contributed by atoms with van der Waals surface area (Å²) in [6.07, 6.45) is 12.0. The van der Waals surface area contributed by atoms with E-state index in [-0.39, 0.29) is 12.0 Å². The molecule has 128 valence electrons. The van der Waals surface area contributed by atoms with Gasteiger partial charge in [0.2, 0.25) is 5.91 Å². The summed E-state index contributed by atoms with van der Waals surface area (Å²) < 4.78 is 7.79. The number of amides is 1. The fourth-order valence-corrected chi connectivity index (χ4v) is 2.89. The normalized spacial score (nSPS) is 17.8. The fourth-order valence-electron chi connectivity index (χ4n) is 2.89. The Bertz CT molecular complexity index is 617. The Labute approximate surface area is 141 Å². The Morgan fingerprint density at radius 2 is 2.29 bits per heavy atom. The van der Waals surface area contributed by atoms with Crippen LogP contribution in [0.25, 0.3) is 0 Å². The zero-order valence-electron chi connectivity index (χ0n) is 13.8. The third-order valence-electron chi connectivity index (χ3n) is 4.22. The number of hydrogen-bond donors (Lipinski definition) is 0. The van der Waals surface area contributed by atoms with Crippen LogP contribution in [0.2, 0.25) is 0 Å². The Kier molecular flexibility index (Phi) is 5.90. The van der Waals surface area contributed by atoms with E-state index >= 15 is 0 Å². The van der Waals surface area contributed by atoms with Gasteiger partial charge in [-0.2, -0.15) is 0 Å². The molecule has 1 amide bonds. The average molecular weight is 329 g/mol. The molecule has 0 aromatic carbocycles. The smallest absolute Gasteiger partial charge is 0.222 e. The van der Waals surface area contributed by atoms with E-state index in [4.69, 9.17) is 4.74 Å². The lowest BCUT2D eigenvalue weighted by Gasteiger charge is -2.33. The van der Waals surface area contributed by atoms with Crippen LogP contribution < -0.4 is 0 Å². The molecule has 7 nitrogen and oxygen atoms in total. The van der Waals surface area contributed by atoms with Crippen LogP contribution in [-0.2, 0) is 22.5 Å². The van der Waals surface area contributed by atoms with Gasteiger partial charge in [0.25, 0.3) is 0 Å². The number of carbonyl (C=O) groups excluding carboxylic acids is 1. The summed E-state index contributed by atoms with van der Waals surface area (Å²) in [6.45, 7) is 2.80. The van der Waals surface area contributed by atoms with E-state index in [2.05, 4.69) is 15.0 Å². The second-order valence-electron chi connectivity index (χ2n) is 5.98. The van der Waals surface area contributed by atoms with E-state index in [0.29, 0.717) is 26.1 Å². The van der Waals surface area contributed by atoms with Crippen molar-refractivity contribution in [2.45, 2.75) is 38.3 Å². The molecule has 0 radical (unpaired) electrons. The van der Waals surface area contributed by atoms with Crippen LogP contribution in [0.15, 0.2) is 37.3 Å². The third kappa shape index (κ3) is 4.86. The van der Waals surface area contributed by atoms with Crippen molar-refractivity contribution in [3.05, 3.63) is 43.0 Å². The predicted molar refractivity (Wildman–Crippen MR) is 88.1 cm³/mol. The highest BCUT2D eigenvalue weighted by Crippen LogP contribution is 2.13. The monoisotopic (exact) mass is 329 g/mol. The highest BCUT2D eigenvalue weighted by molar-refractivity contribution is 5.76. The minimum atomic E-state index is 0.0892. The summed E-state index contributed by atoms with van der Waals surface area (Å²) in [5, 5.41) is 0. The van der Waals surface area contributed by atoms with E-state index in [1.807, 2.05) is 21.7 Å². The summed E-state index contributed by atoms with van der Waals surface area (Å²) in [5.74, 6) is 0.213. The molecule has 0 N–H and O–H groups in total. The molecule has 1 aliphatic heterocycles. The van der Waals surface area contributed by atoms with Crippen molar-refractivity contribution in [3.63, 3.8) is 0 Å². The van der Waals surface area contributed by atoms with Gasteiger partial charge in [-0.1, -0.05) is 0 Å². The molecule has 3 heterocycles. The molecule has 1 fully saturated rings. The second kappa shape index (κ2) is 8.54. The van der Waals surface area contributed by atoms with E-state index in [1.54, 1.807) is 25.0 Å². The number of morpholine rings is 1. The minimum Gasteiger partial charge on any atom is -0.375 e. The maximum absolute atomic E-state index is 12.4. The molecule has 0 saturated carbocycles. The van der Waals surface area contributed by atoms with Gasteiger partial charge in [0.1, 0.15) is 6.33 Å². The number of ether oxygens (including phenoxy) is 1. The Morgan fingerprint density at radius 3 is 3.08 bits per heavy atom. The maximum Gasteiger partial charge on any atom is 0.222 e. The van der Waals surface area contributed by atoms with Crippen LogP contribution in [0.4, 0.5) is 0 Å². The summed E-state index contributed by atoms with van der Waals surface area (Å²) in [4.78, 5) is 26.5. The largest absolute Gasteiger partial charge is 0.375 e. The number of nitrogens with zero attached hydrogens (tertiary/aromatic N) is 5. The van der Waals surface area contributed by atoms with Crippen molar-refractivity contribution in [1.82, 2.24) is 24.4 Å². The van der Waals surface area contributed by atoms with E-state index in [0.717, 1.165) is 31.5 Å². The Balaban J connectivity index is 1.40. The second-order valence-corrected chi connectivity index (χ2v) is 5.98. The first-order valence-electron chi connectivity index (χ1n) is 8.41. The average Bonchev–Trinajstić information content (AvgIpc) is 3.14. The molecule has 3 rings (SSSR count). The summed E-state index contributed by atoms with van der Waals surface area (Å²) in [5.41, 5.74) is 1.01. The van der Waals surface area contributed by atoms with E-state index < -0.39 is 0 Å². The van der Waals surface area contributed by atoms with Crippen LogP contribution in [0.3, 0.4) is 0 Å². The summed E-state index contributed by atoms with van der Waals surface area (Å²) in [6, 6.07) is 1.92. The van der Waals surface area contributed by atoms with Crippen LogP contribution in [0.5, 0.6) is 0 Å². The van der Waals surface area contributed by atoms with Gasteiger partial charge in [-0.15, -0.1) is 0 Å². The quantitative estimate of drug-likeness (QED) is 0.766. The Hall–Kier alpha value is -2.28. The van der Waals surface area contributed by atoms with Gasteiger partial charge < -0.3 is 14.2 Å². The van der Waals surface area contributed by atoms with Gasteiger partial charge in [-0.05, 0) is 25.3 Å². The van der Waals surface area contributed by atoms with Crippen molar-refractivity contribution in [3.8, 4) is 0 Å². The van der Waals surface area contributed by atoms with Gasteiger partial charge >= 0.3 is 0 Å². The maximum atomic E-state index is 12.4. The molecule has 2 aromatic heterocycles. The van der Waals surface area contributed by atoms with Crippen LogP contribution >= 0.6 is 0 Å². The molecule has 2 aromatic rings. The lowest BCUT2D eigenvalue weighted by molar-refractivity contribution is -0.139. The molecule has 1 atom stereocenters. The Morgan fingerprint density at radius 1 is 1.33 bits per heavy atom. The van der Waals surface area contributed by atoms with Crippen molar-refractivity contribution in [2.75, 3.05) is 19.7 Å². The number of hydrogen-bond acceptors (Lipinski definition) is 5. The minimum absolute atomic E-state index is 0.0892. The molecule has 0 spiro atoms. The fraction of sp³-hybridized carbons (Fsp3) is 0.529. The molecule has 7 heteroatoms. The summed E-state index contributed by atoms with van der Waals surface area (Å²) >= 11 is 0. The number of aromatic nitrogens is 4. The van der Waals surface area contributed by atoms with Crippen molar-refractivity contribution >= 4 is 5.91 Å². The van der Waals surface area contributed by atoms with Gasteiger partial charge in [-0.25, -0.2) is 15.0 Å². The van der Waals surface area contributed by atoms with Crippen molar-refractivity contribution in [1.29, 1.82) is 0 Å². The molecule has 0 unspecified atom stereocenters. The first-order valence-corrected chi connectivity index (χ1v) is 8.41. The van der Waals surface area contributed by atoms with Crippen molar-refractivity contribution < 1.29 is 9.53 Å². The van der Waals surface area contributed by atoms with Gasteiger partial charge in [0, 0.05) is 50.3 Å². The number of aryl methyl sites for hydroxylation is 2. The van der Waals surface area contributed by atoms with E-state index in [1.165, 1.54) is 0 Å². The van der Waals surface area contributed by atoms with Crippen LogP contribution in [-0.4, -0.2) is 56.1 Å². The SMILES string of the molecule is O=C(CCCn1ccnc1)N1CCO[C@@H](CCc2ccncn2)C1. The highest BCUT2D eigenvalue weighted by atomic mass is 16.5. The molecular weight excluding hydrogens is 306 g/mol. The lowest BCUT2D eigenvalue weighted by atomic mass is 10.1. The standard InChI is InChI=1S/C17H23N5O2/c23-17(2-1-8-21-9-7-19-14-21)22-10-11-24-16(12-22)4-3-15-5-6-18-13-20-15/h5-7,9,13-14,16H,1-4,8,10-12H2/t16-/m0/s1. The van der Waals surface area contributed by atoms with Gasteiger partial charge in [-0.3, -0.25) is 4.79 Å². The number of carbonyl (C=O) groups is 1. The van der Waals surface area contributed by atoms with Crippen LogP contribution in [0.1, 0.15) is 25.0 Å². The molecule has 0 bridgehead atoms. The molecule has 0 aliphatic carbocycles. The predicted octanol–water partition coefficient (Wildman–Crippen LogP) is 1.31. The van der Waals surface area contributed by atoms with Gasteiger partial charge in [0.15, 0.2) is 0 Å². The number of rotatable bonds is 7. The third-order valence-corrected chi connectivity index (χ3v) is 4.22. The zero-order valence-corrected chi connectivity index (χ0v) is 13.8. The number of imidazole rings is 1. The molecular formula is C17H23N5O2. The molecule has 24 heavy (non-hydrogen) atoms. The summed E-state index contributed by atoms with van der Waals surface area (Å²) in [7, 11) is 0.